The van der Waals surface area contributed by atoms with Gasteiger partial charge in [-0.1, -0.05) is 127 Å². The summed E-state index contributed by atoms with van der Waals surface area (Å²) in [6.45, 7) is 4.56. The summed E-state index contributed by atoms with van der Waals surface area (Å²) < 4.78 is 0. The molecule has 0 radical (unpaired) electrons. The van der Waals surface area contributed by atoms with Crippen LogP contribution in [0.25, 0.3) is 0 Å². The van der Waals surface area contributed by atoms with Crippen LogP contribution < -0.4 is 0 Å². The van der Waals surface area contributed by atoms with Crippen molar-refractivity contribution in [2.75, 3.05) is 0 Å². The maximum Gasteiger partial charge on any atom is 0.132 e. The molecule has 0 aromatic heterocycles. The molecule has 2 aromatic rings. The lowest BCUT2D eigenvalue weighted by atomic mass is 9.77. The van der Waals surface area contributed by atoms with Gasteiger partial charge in [0.15, 0.2) is 0 Å². The standard InChI is InChI=1S/C45H70O/c1-3-5-9-15-37-21-29-41(30-22-37)43-33-25-39(26-34-43)17-11-7-13-19-45(46)20-14-8-12-18-40-27-35-44(36-28-40)42-31-23-38(24-32-42)16-10-6-4-2/h21-24,29-32,39-40,43-44H,3-20,25-28,33-36H2,1-2H3/t39-,40?,43-,44?. The fraction of sp³-hybridized carbons (Fsp3) is 0.711. The second kappa shape index (κ2) is 21.9. The summed E-state index contributed by atoms with van der Waals surface area (Å²) in [4.78, 5) is 12.5. The molecule has 0 N–H and O–H groups in total. The van der Waals surface area contributed by atoms with Crippen LogP contribution in [-0.4, -0.2) is 5.78 Å². The van der Waals surface area contributed by atoms with Crippen molar-refractivity contribution in [1.29, 1.82) is 0 Å². The number of ketones is 1. The molecule has 0 spiro atoms. The average molecular weight is 627 g/mol. The van der Waals surface area contributed by atoms with Gasteiger partial charge in [-0.25, -0.2) is 0 Å². The molecule has 46 heavy (non-hydrogen) atoms. The summed E-state index contributed by atoms with van der Waals surface area (Å²) in [5, 5.41) is 0. The minimum Gasteiger partial charge on any atom is -0.300 e. The number of benzene rings is 2. The maximum atomic E-state index is 12.5. The van der Waals surface area contributed by atoms with Crippen molar-refractivity contribution in [3.8, 4) is 0 Å². The molecule has 0 atom stereocenters. The quantitative estimate of drug-likeness (QED) is 0.119. The minimum atomic E-state index is 0.522. The molecule has 256 valence electrons. The zero-order valence-electron chi connectivity index (χ0n) is 30.2. The lowest BCUT2D eigenvalue weighted by Crippen LogP contribution is -2.13. The monoisotopic (exact) mass is 627 g/mol. The Labute approximate surface area is 285 Å². The third-order valence-electron chi connectivity index (χ3n) is 11.9. The highest BCUT2D eigenvalue weighted by atomic mass is 16.1. The van der Waals surface area contributed by atoms with Crippen LogP contribution in [-0.2, 0) is 17.6 Å². The Kier molecular flexibility index (Phi) is 17.6. The summed E-state index contributed by atoms with van der Waals surface area (Å²) in [5.74, 6) is 3.92. The number of hydrogen-bond acceptors (Lipinski definition) is 1. The van der Waals surface area contributed by atoms with E-state index in [2.05, 4.69) is 62.4 Å². The number of Topliss-reactive ketones (excluding diaryl/α,β-unsaturated/α-hetero) is 1. The van der Waals surface area contributed by atoms with E-state index in [0.29, 0.717) is 5.78 Å². The Morgan fingerprint density at radius 1 is 0.478 bits per heavy atom. The summed E-state index contributed by atoms with van der Waals surface area (Å²) >= 11 is 0. The molecule has 0 amide bonds. The molecule has 0 aliphatic heterocycles. The molecule has 2 fully saturated rings. The van der Waals surface area contributed by atoms with Crippen molar-refractivity contribution in [3.05, 3.63) is 70.8 Å². The first-order valence-corrected chi connectivity index (χ1v) is 20.3. The Morgan fingerprint density at radius 3 is 1.24 bits per heavy atom. The van der Waals surface area contributed by atoms with Crippen molar-refractivity contribution < 1.29 is 4.79 Å². The van der Waals surface area contributed by atoms with Gasteiger partial charge in [0, 0.05) is 12.8 Å². The SMILES string of the molecule is CCCCCc1ccc(C2CCC(CCCCCC(=O)CCCCC[C@H]3CC[C@H](c4ccc(CCCCC)cc4)CC3)CC2)cc1. The number of carbonyl (C=O) groups excluding carboxylic acids is 1. The highest BCUT2D eigenvalue weighted by Gasteiger charge is 2.23. The van der Waals surface area contributed by atoms with E-state index in [0.717, 1.165) is 49.4 Å². The predicted molar refractivity (Wildman–Crippen MR) is 200 cm³/mol. The third-order valence-corrected chi connectivity index (χ3v) is 11.9. The minimum absolute atomic E-state index is 0.522. The first kappa shape index (κ1) is 36.9. The van der Waals surface area contributed by atoms with E-state index in [1.54, 1.807) is 11.1 Å². The van der Waals surface area contributed by atoms with E-state index in [-0.39, 0.29) is 0 Å². The van der Waals surface area contributed by atoms with Crippen LogP contribution in [0.5, 0.6) is 0 Å². The van der Waals surface area contributed by atoms with Crippen molar-refractivity contribution in [2.45, 2.75) is 193 Å². The zero-order chi connectivity index (χ0) is 32.2. The van der Waals surface area contributed by atoms with Crippen molar-refractivity contribution in [1.82, 2.24) is 0 Å². The van der Waals surface area contributed by atoms with E-state index in [9.17, 15) is 4.79 Å². The predicted octanol–water partition coefficient (Wildman–Crippen LogP) is 13.9. The van der Waals surface area contributed by atoms with Gasteiger partial charge < -0.3 is 0 Å². The number of carbonyl (C=O) groups is 1. The molecule has 1 heteroatoms. The summed E-state index contributed by atoms with van der Waals surface area (Å²) in [6, 6.07) is 19.2. The lowest BCUT2D eigenvalue weighted by molar-refractivity contribution is -0.119. The molecule has 0 heterocycles. The van der Waals surface area contributed by atoms with Gasteiger partial charge in [0.05, 0.1) is 0 Å². The van der Waals surface area contributed by atoms with Gasteiger partial charge in [-0.2, -0.15) is 0 Å². The van der Waals surface area contributed by atoms with Gasteiger partial charge in [0.2, 0.25) is 0 Å². The van der Waals surface area contributed by atoms with Gasteiger partial charge in [0.1, 0.15) is 5.78 Å². The van der Waals surface area contributed by atoms with Gasteiger partial charge in [-0.05, 0) is 136 Å². The van der Waals surface area contributed by atoms with Crippen LogP contribution in [0.1, 0.15) is 202 Å². The Morgan fingerprint density at radius 2 is 0.870 bits per heavy atom. The molecule has 2 aromatic carbocycles. The average Bonchev–Trinajstić information content (AvgIpc) is 3.09. The van der Waals surface area contributed by atoms with Crippen LogP contribution >= 0.6 is 0 Å². The number of unbranched alkanes of at least 4 members (excludes halogenated alkanes) is 8. The molecular weight excluding hydrogens is 556 g/mol. The Hall–Kier alpha value is -1.89. The first-order chi connectivity index (χ1) is 22.6. The van der Waals surface area contributed by atoms with Crippen LogP contribution in [0.2, 0.25) is 0 Å². The van der Waals surface area contributed by atoms with E-state index >= 15 is 0 Å². The molecule has 0 bridgehead atoms. The van der Waals surface area contributed by atoms with Gasteiger partial charge in [-0.3, -0.25) is 4.79 Å². The normalized spacial score (nSPS) is 21.8. The van der Waals surface area contributed by atoms with E-state index < -0.39 is 0 Å². The topological polar surface area (TPSA) is 17.1 Å². The molecular formula is C45H70O. The van der Waals surface area contributed by atoms with E-state index in [1.807, 2.05) is 0 Å². The van der Waals surface area contributed by atoms with E-state index in [4.69, 9.17) is 0 Å². The first-order valence-electron chi connectivity index (χ1n) is 20.3. The molecule has 1 nitrogen and oxygen atoms in total. The van der Waals surface area contributed by atoms with Crippen molar-refractivity contribution in [2.24, 2.45) is 11.8 Å². The molecule has 2 aliphatic carbocycles. The summed E-state index contributed by atoms with van der Waals surface area (Å²) in [6.07, 6.45) is 33.3. The smallest absolute Gasteiger partial charge is 0.132 e. The second-order valence-corrected chi connectivity index (χ2v) is 15.6. The second-order valence-electron chi connectivity index (χ2n) is 15.6. The fourth-order valence-electron chi connectivity index (χ4n) is 8.63. The fourth-order valence-corrected chi connectivity index (χ4v) is 8.63. The van der Waals surface area contributed by atoms with Crippen LogP contribution in [0, 0.1) is 11.8 Å². The van der Waals surface area contributed by atoms with Crippen molar-refractivity contribution >= 4 is 5.78 Å². The van der Waals surface area contributed by atoms with Crippen LogP contribution in [0.4, 0.5) is 0 Å². The highest BCUT2D eigenvalue weighted by molar-refractivity contribution is 5.78. The maximum absolute atomic E-state index is 12.5. The van der Waals surface area contributed by atoms with Gasteiger partial charge >= 0.3 is 0 Å². The molecule has 0 saturated heterocycles. The summed E-state index contributed by atoms with van der Waals surface area (Å²) in [7, 11) is 0. The molecule has 2 aliphatic rings. The third kappa shape index (κ3) is 13.7. The van der Waals surface area contributed by atoms with Crippen LogP contribution in [0.15, 0.2) is 48.5 Å². The number of aryl methyl sites for hydroxylation is 2. The van der Waals surface area contributed by atoms with Gasteiger partial charge in [-0.15, -0.1) is 0 Å². The highest BCUT2D eigenvalue weighted by Crippen LogP contribution is 2.39. The zero-order valence-corrected chi connectivity index (χ0v) is 30.2. The van der Waals surface area contributed by atoms with Crippen molar-refractivity contribution in [3.63, 3.8) is 0 Å². The number of hydrogen-bond donors (Lipinski definition) is 0. The molecule has 0 unspecified atom stereocenters. The molecule has 4 rings (SSSR count). The van der Waals surface area contributed by atoms with Gasteiger partial charge in [0.25, 0.3) is 0 Å². The molecule has 2 saturated carbocycles. The Bertz CT molecular complexity index is 964. The summed E-state index contributed by atoms with van der Waals surface area (Å²) in [5.41, 5.74) is 6.19. The van der Waals surface area contributed by atoms with E-state index in [1.165, 1.54) is 152 Å². The largest absolute Gasteiger partial charge is 0.300 e. The number of rotatable bonds is 22. The lowest BCUT2D eigenvalue weighted by Gasteiger charge is -2.29. The Balaban J connectivity index is 0.952. The van der Waals surface area contributed by atoms with Crippen LogP contribution in [0.3, 0.4) is 0 Å².